The molecule has 6 heteroatoms. The van der Waals surface area contributed by atoms with Crippen LogP contribution in [0.3, 0.4) is 0 Å². The van der Waals surface area contributed by atoms with E-state index < -0.39 is 0 Å². The van der Waals surface area contributed by atoms with E-state index in [4.69, 9.17) is 9.47 Å². The fraction of sp³-hybridized carbons (Fsp3) is 0.667. The lowest BCUT2D eigenvalue weighted by atomic mass is 10.1. The Morgan fingerprint density at radius 3 is 2.03 bits per heavy atom. The first kappa shape index (κ1) is 26.6. The number of esters is 2. The number of carbonyl (C=O) groups is 2. The number of hydrogen-bond acceptors (Lipinski definition) is 4. The van der Waals surface area contributed by atoms with Crippen molar-refractivity contribution in [2.75, 3.05) is 6.61 Å². The summed E-state index contributed by atoms with van der Waals surface area (Å²) < 4.78 is 24.0. The Labute approximate surface area is 189 Å². The summed E-state index contributed by atoms with van der Waals surface area (Å²) in [6.45, 7) is 2.75. The van der Waals surface area contributed by atoms with Gasteiger partial charge in [0.05, 0.1) is 11.1 Å². The molecule has 0 heterocycles. The van der Waals surface area contributed by atoms with Crippen molar-refractivity contribution in [1.82, 2.24) is 0 Å². The lowest BCUT2D eigenvalue weighted by Crippen LogP contribution is -2.08. The lowest BCUT2D eigenvalue weighted by Gasteiger charge is -2.07. The first-order valence-electron chi connectivity index (χ1n) is 11.3. The van der Waals surface area contributed by atoms with Crippen LogP contribution in [0, 0.1) is 5.82 Å². The van der Waals surface area contributed by atoms with Crippen molar-refractivity contribution in [3.63, 3.8) is 0 Å². The Morgan fingerprint density at radius 2 is 1.40 bits per heavy atom. The molecule has 0 unspecified atom stereocenters. The van der Waals surface area contributed by atoms with Crippen molar-refractivity contribution < 1.29 is 23.5 Å². The molecule has 0 aliphatic carbocycles. The van der Waals surface area contributed by atoms with E-state index in [1.165, 1.54) is 43.9 Å². The molecule has 1 aromatic rings. The monoisotopic (exact) mass is 486 g/mol. The van der Waals surface area contributed by atoms with Crippen LogP contribution in [0.4, 0.5) is 4.39 Å². The van der Waals surface area contributed by atoms with Crippen molar-refractivity contribution in [2.45, 2.75) is 96.8 Å². The van der Waals surface area contributed by atoms with Crippen molar-refractivity contribution in [3.05, 3.63) is 28.5 Å². The molecular weight excluding hydrogens is 451 g/mol. The minimum atomic E-state index is -0.382. The molecule has 4 nitrogen and oxygen atoms in total. The predicted octanol–water partition coefficient (Wildman–Crippen LogP) is 7.52. The van der Waals surface area contributed by atoms with Crippen LogP contribution >= 0.6 is 15.9 Å². The topological polar surface area (TPSA) is 52.6 Å². The highest BCUT2D eigenvalue weighted by atomic mass is 79.9. The summed E-state index contributed by atoms with van der Waals surface area (Å²) in [5, 5.41) is 0. The van der Waals surface area contributed by atoms with Crippen LogP contribution < -0.4 is 4.74 Å². The number of hydrogen-bond donors (Lipinski definition) is 0. The molecule has 0 fully saturated rings. The minimum absolute atomic E-state index is 0.0849. The summed E-state index contributed by atoms with van der Waals surface area (Å²) in [6.07, 6.45) is 13.6. The molecule has 0 spiro atoms. The average molecular weight is 487 g/mol. The SMILES string of the molecule is CCCCCCCCOC(=O)CCCCCCCCC(=O)Oc1ccc(F)cc1Br. The van der Waals surface area contributed by atoms with Crippen molar-refractivity contribution >= 4 is 27.9 Å². The highest BCUT2D eigenvalue weighted by Crippen LogP contribution is 2.26. The van der Waals surface area contributed by atoms with Crippen LogP contribution in [0.15, 0.2) is 22.7 Å². The molecule has 0 saturated carbocycles. The number of halogens is 2. The molecule has 30 heavy (non-hydrogen) atoms. The van der Waals surface area contributed by atoms with Crippen molar-refractivity contribution in [1.29, 1.82) is 0 Å². The maximum Gasteiger partial charge on any atom is 0.311 e. The summed E-state index contributed by atoms with van der Waals surface area (Å²) in [5.41, 5.74) is 0. The Hall–Kier alpha value is -1.43. The zero-order valence-electron chi connectivity index (χ0n) is 18.2. The molecule has 0 N–H and O–H groups in total. The molecule has 0 saturated heterocycles. The predicted molar refractivity (Wildman–Crippen MR) is 121 cm³/mol. The first-order chi connectivity index (χ1) is 14.5. The Kier molecular flexibility index (Phi) is 15.3. The zero-order chi connectivity index (χ0) is 22.0. The van der Waals surface area contributed by atoms with Crippen molar-refractivity contribution in [3.8, 4) is 5.75 Å². The van der Waals surface area contributed by atoms with Gasteiger partial charge in [-0.15, -0.1) is 0 Å². The molecule has 0 aliphatic heterocycles. The molecular formula is C24H36BrFO4. The summed E-state index contributed by atoms with van der Waals surface area (Å²) in [7, 11) is 0. The largest absolute Gasteiger partial charge is 0.466 e. The van der Waals surface area contributed by atoms with Gasteiger partial charge in [-0.25, -0.2) is 4.39 Å². The van der Waals surface area contributed by atoms with E-state index in [-0.39, 0.29) is 17.8 Å². The minimum Gasteiger partial charge on any atom is -0.466 e. The quantitative estimate of drug-likeness (QED) is 0.130. The molecule has 0 radical (unpaired) electrons. The second kappa shape index (κ2) is 17.3. The summed E-state index contributed by atoms with van der Waals surface area (Å²) in [5.74, 6) is -0.439. The van der Waals surface area contributed by atoms with Crippen LogP contribution in [-0.2, 0) is 14.3 Å². The van der Waals surface area contributed by atoms with Gasteiger partial charge in [0.1, 0.15) is 11.6 Å². The average Bonchev–Trinajstić information content (AvgIpc) is 2.71. The van der Waals surface area contributed by atoms with E-state index in [9.17, 15) is 14.0 Å². The highest BCUT2D eigenvalue weighted by molar-refractivity contribution is 9.10. The molecule has 1 aromatic carbocycles. The number of rotatable bonds is 17. The van der Waals surface area contributed by atoms with Gasteiger partial charge in [-0.3, -0.25) is 9.59 Å². The van der Waals surface area contributed by atoms with Crippen LogP contribution in [0.1, 0.15) is 96.8 Å². The Balaban J connectivity index is 1.92. The lowest BCUT2D eigenvalue weighted by molar-refractivity contribution is -0.144. The summed E-state index contributed by atoms with van der Waals surface area (Å²) >= 11 is 3.18. The third-order valence-corrected chi connectivity index (χ3v) is 5.51. The molecule has 0 atom stereocenters. The maximum absolute atomic E-state index is 13.0. The number of carbonyl (C=O) groups excluding carboxylic acids is 2. The third-order valence-electron chi connectivity index (χ3n) is 4.89. The first-order valence-corrected chi connectivity index (χ1v) is 12.1. The maximum atomic E-state index is 13.0. The summed E-state index contributed by atoms with van der Waals surface area (Å²) in [4.78, 5) is 23.5. The van der Waals surface area contributed by atoms with Gasteiger partial charge in [-0.1, -0.05) is 64.7 Å². The van der Waals surface area contributed by atoms with Gasteiger partial charge in [0, 0.05) is 12.8 Å². The van der Waals surface area contributed by atoms with Gasteiger partial charge >= 0.3 is 11.9 Å². The standard InChI is InChI=1S/C24H36BrFO4/c1-2-3-4-5-10-13-18-29-23(27)14-11-8-6-7-9-12-15-24(28)30-22-17-16-20(26)19-21(22)25/h16-17,19H,2-15,18H2,1H3. The molecule has 0 aromatic heterocycles. The van der Waals surface area contributed by atoms with Gasteiger partial charge in [-0.05, 0) is 53.4 Å². The van der Waals surface area contributed by atoms with Gasteiger partial charge in [0.15, 0.2) is 0 Å². The number of ether oxygens (including phenoxy) is 2. The number of benzene rings is 1. The van der Waals surface area contributed by atoms with E-state index in [1.807, 2.05) is 0 Å². The molecule has 0 amide bonds. The van der Waals surface area contributed by atoms with Crippen LogP contribution in [0.25, 0.3) is 0 Å². The Bertz CT molecular complexity index is 621. The van der Waals surface area contributed by atoms with E-state index in [2.05, 4.69) is 22.9 Å². The van der Waals surface area contributed by atoms with E-state index in [1.54, 1.807) is 0 Å². The highest BCUT2D eigenvalue weighted by Gasteiger charge is 2.09. The van der Waals surface area contributed by atoms with Gasteiger partial charge in [0.25, 0.3) is 0 Å². The zero-order valence-corrected chi connectivity index (χ0v) is 19.8. The third kappa shape index (κ3) is 13.7. The summed E-state index contributed by atoms with van der Waals surface area (Å²) in [6, 6.07) is 3.97. The van der Waals surface area contributed by atoms with E-state index in [0.717, 1.165) is 51.4 Å². The second-order valence-electron chi connectivity index (χ2n) is 7.66. The van der Waals surface area contributed by atoms with E-state index in [0.29, 0.717) is 29.7 Å². The fourth-order valence-electron chi connectivity index (χ4n) is 3.12. The van der Waals surface area contributed by atoms with Crippen LogP contribution in [0.5, 0.6) is 5.75 Å². The molecule has 0 aliphatic rings. The molecule has 170 valence electrons. The van der Waals surface area contributed by atoms with Crippen LogP contribution in [0.2, 0.25) is 0 Å². The van der Waals surface area contributed by atoms with Gasteiger partial charge < -0.3 is 9.47 Å². The molecule has 1 rings (SSSR count). The molecule has 0 bridgehead atoms. The van der Waals surface area contributed by atoms with Gasteiger partial charge in [0.2, 0.25) is 0 Å². The van der Waals surface area contributed by atoms with Crippen LogP contribution in [-0.4, -0.2) is 18.5 Å². The number of unbranched alkanes of at least 4 members (excludes halogenated alkanes) is 10. The normalized spacial score (nSPS) is 10.8. The fourth-order valence-corrected chi connectivity index (χ4v) is 3.55. The smallest absolute Gasteiger partial charge is 0.311 e. The van der Waals surface area contributed by atoms with Crippen molar-refractivity contribution in [2.24, 2.45) is 0 Å². The van der Waals surface area contributed by atoms with E-state index >= 15 is 0 Å². The van der Waals surface area contributed by atoms with Gasteiger partial charge in [-0.2, -0.15) is 0 Å². The Morgan fingerprint density at radius 1 is 0.833 bits per heavy atom. The second-order valence-corrected chi connectivity index (χ2v) is 8.51.